The topological polar surface area (TPSA) is 63.2 Å². The summed E-state index contributed by atoms with van der Waals surface area (Å²) in [4.78, 5) is 34.7. The summed E-state index contributed by atoms with van der Waals surface area (Å²) in [7, 11) is 0. The molecular formula is C17H31NO3S. The van der Waals surface area contributed by atoms with Crippen molar-refractivity contribution in [2.24, 2.45) is 0 Å². The standard InChI is InChI=1S/C16H27NO3S.CH4/c1-2-3-4-5-6-7-8-9-13(18)12-15(19)17-14-10-11-21-16(14)20;/h14H,2-12H2,1H3,(H,17,19);1H4. The summed E-state index contributed by atoms with van der Waals surface area (Å²) >= 11 is 1.25. The van der Waals surface area contributed by atoms with Crippen LogP contribution in [-0.4, -0.2) is 28.6 Å². The lowest BCUT2D eigenvalue weighted by Crippen LogP contribution is -2.38. The molecule has 0 spiro atoms. The molecule has 1 amide bonds. The molecule has 1 aliphatic rings. The molecule has 22 heavy (non-hydrogen) atoms. The average Bonchev–Trinajstić information content (AvgIpc) is 2.83. The van der Waals surface area contributed by atoms with Crippen LogP contribution in [0.4, 0.5) is 0 Å². The molecule has 1 unspecified atom stereocenters. The molecule has 0 radical (unpaired) electrons. The van der Waals surface area contributed by atoms with Gasteiger partial charge in [-0.2, -0.15) is 0 Å². The molecule has 1 N–H and O–H groups in total. The molecule has 1 heterocycles. The van der Waals surface area contributed by atoms with Crippen molar-refractivity contribution in [3.05, 3.63) is 0 Å². The lowest BCUT2D eigenvalue weighted by atomic mass is 10.1. The highest BCUT2D eigenvalue weighted by Gasteiger charge is 2.27. The third kappa shape index (κ3) is 9.23. The zero-order chi connectivity index (χ0) is 15.5. The second kappa shape index (κ2) is 12.7. The van der Waals surface area contributed by atoms with Crippen LogP contribution in [-0.2, 0) is 14.4 Å². The third-order valence-electron chi connectivity index (χ3n) is 3.69. The Morgan fingerprint density at radius 2 is 1.77 bits per heavy atom. The number of ketones is 1. The molecule has 0 aliphatic carbocycles. The SMILES string of the molecule is C.CCCCCCCCCC(=O)CC(=O)NC1CCSC1=O. The monoisotopic (exact) mass is 329 g/mol. The molecular weight excluding hydrogens is 298 g/mol. The summed E-state index contributed by atoms with van der Waals surface area (Å²) in [6.45, 7) is 2.20. The van der Waals surface area contributed by atoms with Gasteiger partial charge in [0.05, 0.1) is 12.5 Å². The molecule has 5 heteroatoms. The van der Waals surface area contributed by atoms with Crippen molar-refractivity contribution >= 4 is 28.6 Å². The van der Waals surface area contributed by atoms with Crippen LogP contribution in [0.2, 0.25) is 0 Å². The zero-order valence-corrected chi connectivity index (χ0v) is 13.8. The molecule has 0 bridgehead atoms. The first-order chi connectivity index (χ1) is 10.1. The number of carbonyl (C=O) groups is 3. The number of thioether (sulfide) groups is 1. The molecule has 4 nitrogen and oxygen atoms in total. The molecule has 1 aliphatic heterocycles. The van der Waals surface area contributed by atoms with Gasteiger partial charge in [0, 0.05) is 12.2 Å². The maximum atomic E-state index is 11.7. The molecule has 0 saturated carbocycles. The average molecular weight is 330 g/mol. The van der Waals surface area contributed by atoms with E-state index in [2.05, 4.69) is 12.2 Å². The lowest BCUT2D eigenvalue weighted by Gasteiger charge is -2.09. The minimum atomic E-state index is -0.381. The van der Waals surface area contributed by atoms with E-state index in [-0.39, 0.29) is 36.7 Å². The van der Waals surface area contributed by atoms with Crippen molar-refractivity contribution < 1.29 is 14.4 Å². The van der Waals surface area contributed by atoms with Gasteiger partial charge in [-0.25, -0.2) is 0 Å². The minimum Gasteiger partial charge on any atom is -0.345 e. The van der Waals surface area contributed by atoms with E-state index in [0.717, 1.165) is 18.6 Å². The van der Waals surface area contributed by atoms with Crippen LogP contribution in [0.25, 0.3) is 0 Å². The summed E-state index contributed by atoms with van der Waals surface area (Å²) in [5.41, 5.74) is 0. The number of hydrogen-bond donors (Lipinski definition) is 1. The maximum absolute atomic E-state index is 11.7. The summed E-state index contributed by atoms with van der Waals surface area (Å²) in [6, 6.07) is -0.381. The zero-order valence-electron chi connectivity index (χ0n) is 13.0. The Morgan fingerprint density at radius 3 is 2.36 bits per heavy atom. The van der Waals surface area contributed by atoms with Crippen LogP contribution < -0.4 is 5.32 Å². The number of amides is 1. The van der Waals surface area contributed by atoms with Gasteiger partial charge in [-0.05, 0) is 12.8 Å². The van der Waals surface area contributed by atoms with Crippen LogP contribution in [0.5, 0.6) is 0 Å². The van der Waals surface area contributed by atoms with Crippen molar-refractivity contribution in [3.8, 4) is 0 Å². The van der Waals surface area contributed by atoms with Crippen LogP contribution >= 0.6 is 11.8 Å². The second-order valence-electron chi connectivity index (χ2n) is 5.66. The van der Waals surface area contributed by atoms with Crippen LogP contribution in [0.15, 0.2) is 0 Å². The summed E-state index contributed by atoms with van der Waals surface area (Å²) < 4.78 is 0. The Labute approximate surface area is 139 Å². The van der Waals surface area contributed by atoms with Gasteiger partial charge in [0.15, 0.2) is 0 Å². The Hall–Kier alpha value is -0.840. The van der Waals surface area contributed by atoms with Crippen molar-refractivity contribution in [3.63, 3.8) is 0 Å². The lowest BCUT2D eigenvalue weighted by molar-refractivity contribution is -0.130. The molecule has 1 atom stereocenters. The number of hydrogen-bond acceptors (Lipinski definition) is 4. The smallest absolute Gasteiger partial charge is 0.228 e. The van der Waals surface area contributed by atoms with Gasteiger partial charge in [0.2, 0.25) is 11.0 Å². The first-order valence-corrected chi connectivity index (χ1v) is 9.09. The Balaban J connectivity index is 0.00000441. The summed E-state index contributed by atoms with van der Waals surface area (Å²) in [6.07, 6.45) is 9.25. The number of Topliss-reactive ketones (excluding diaryl/α,β-unsaturated/α-hetero) is 1. The first-order valence-electron chi connectivity index (χ1n) is 8.11. The quantitative estimate of drug-likeness (QED) is 0.462. The van der Waals surface area contributed by atoms with Gasteiger partial charge in [-0.1, -0.05) is 64.6 Å². The van der Waals surface area contributed by atoms with Crippen molar-refractivity contribution in [2.45, 2.75) is 84.6 Å². The van der Waals surface area contributed by atoms with Gasteiger partial charge in [-0.3, -0.25) is 14.4 Å². The van der Waals surface area contributed by atoms with E-state index in [4.69, 9.17) is 0 Å². The van der Waals surface area contributed by atoms with E-state index in [1.54, 1.807) is 0 Å². The van der Waals surface area contributed by atoms with E-state index in [1.165, 1.54) is 43.9 Å². The molecule has 0 aromatic rings. The second-order valence-corrected chi connectivity index (χ2v) is 6.76. The Kier molecular flexibility index (Phi) is 12.2. The van der Waals surface area contributed by atoms with E-state index < -0.39 is 0 Å². The fourth-order valence-electron chi connectivity index (χ4n) is 2.42. The highest BCUT2D eigenvalue weighted by molar-refractivity contribution is 8.14. The fourth-order valence-corrected chi connectivity index (χ4v) is 3.35. The van der Waals surface area contributed by atoms with E-state index in [0.29, 0.717) is 12.8 Å². The molecule has 1 saturated heterocycles. The Morgan fingerprint density at radius 1 is 1.14 bits per heavy atom. The van der Waals surface area contributed by atoms with Crippen molar-refractivity contribution in [1.82, 2.24) is 5.32 Å². The predicted molar refractivity (Wildman–Crippen MR) is 93.0 cm³/mol. The highest BCUT2D eigenvalue weighted by Crippen LogP contribution is 2.19. The molecule has 0 aromatic heterocycles. The molecule has 128 valence electrons. The highest BCUT2D eigenvalue weighted by atomic mass is 32.2. The molecule has 1 rings (SSSR count). The molecule has 0 aromatic carbocycles. The summed E-state index contributed by atoms with van der Waals surface area (Å²) in [5.74, 6) is 0.443. The number of carbonyl (C=O) groups excluding carboxylic acids is 3. The normalized spacial score (nSPS) is 17.1. The van der Waals surface area contributed by atoms with Gasteiger partial charge in [-0.15, -0.1) is 0 Å². The largest absolute Gasteiger partial charge is 0.345 e. The minimum absolute atomic E-state index is 0. The summed E-state index contributed by atoms with van der Waals surface area (Å²) in [5, 5.41) is 2.67. The van der Waals surface area contributed by atoms with Crippen molar-refractivity contribution in [2.75, 3.05) is 5.75 Å². The van der Waals surface area contributed by atoms with Gasteiger partial charge < -0.3 is 5.32 Å². The van der Waals surface area contributed by atoms with E-state index in [1.807, 2.05) is 0 Å². The van der Waals surface area contributed by atoms with Gasteiger partial charge >= 0.3 is 0 Å². The Bertz CT molecular complexity index is 358. The van der Waals surface area contributed by atoms with E-state index in [9.17, 15) is 14.4 Å². The van der Waals surface area contributed by atoms with Crippen LogP contribution in [0.3, 0.4) is 0 Å². The fraction of sp³-hybridized carbons (Fsp3) is 0.824. The first kappa shape index (κ1) is 21.2. The van der Waals surface area contributed by atoms with Crippen LogP contribution in [0, 0.1) is 0 Å². The van der Waals surface area contributed by atoms with Crippen molar-refractivity contribution in [1.29, 1.82) is 0 Å². The number of nitrogens with one attached hydrogen (secondary N) is 1. The van der Waals surface area contributed by atoms with Gasteiger partial charge in [0.25, 0.3) is 0 Å². The van der Waals surface area contributed by atoms with E-state index >= 15 is 0 Å². The number of unbranched alkanes of at least 4 members (excludes halogenated alkanes) is 6. The predicted octanol–water partition coefficient (Wildman–Crippen LogP) is 3.87. The molecule has 1 fully saturated rings. The maximum Gasteiger partial charge on any atom is 0.228 e. The number of rotatable bonds is 11. The van der Waals surface area contributed by atoms with Crippen LogP contribution in [0.1, 0.15) is 78.6 Å². The van der Waals surface area contributed by atoms with Gasteiger partial charge in [0.1, 0.15) is 5.78 Å². The third-order valence-corrected chi connectivity index (χ3v) is 4.70.